The van der Waals surface area contributed by atoms with Gasteiger partial charge in [-0.15, -0.1) is 0 Å². The van der Waals surface area contributed by atoms with Crippen LogP contribution in [0.5, 0.6) is 0 Å². The van der Waals surface area contributed by atoms with Crippen LogP contribution in [0.1, 0.15) is 25.3 Å². The summed E-state index contributed by atoms with van der Waals surface area (Å²) in [4.78, 5) is 13.8. The quantitative estimate of drug-likeness (QED) is 0.871. The molecule has 2 rings (SSSR count). The molecule has 0 bridgehead atoms. The van der Waals surface area contributed by atoms with Gasteiger partial charge >= 0.3 is 6.03 Å². The Morgan fingerprint density at radius 3 is 2.50 bits per heavy atom. The van der Waals surface area contributed by atoms with Gasteiger partial charge in [0.05, 0.1) is 6.54 Å². The van der Waals surface area contributed by atoms with Crippen molar-refractivity contribution in [2.45, 2.75) is 38.4 Å². The van der Waals surface area contributed by atoms with E-state index in [0.717, 1.165) is 12.8 Å². The van der Waals surface area contributed by atoms with Gasteiger partial charge in [0.25, 0.3) is 0 Å². The number of hydrogen-bond donors (Lipinski definition) is 1. The zero-order valence-electron chi connectivity index (χ0n) is 12.6. The SMILES string of the molecule is C[C@@H](C[S@@](C)=O)NC(=O)N(Cc1c(F)cccc1F)C1CC1. The van der Waals surface area contributed by atoms with E-state index in [1.807, 2.05) is 0 Å². The highest BCUT2D eigenvalue weighted by Crippen LogP contribution is 2.29. The van der Waals surface area contributed by atoms with Gasteiger partial charge in [0.2, 0.25) is 0 Å². The maximum atomic E-state index is 13.8. The topological polar surface area (TPSA) is 49.4 Å². The fourth-order valence-electron chi connectivity index (χ4n) is 2.29. The van der Waals surface area contributed by atoms with Crippen LogP contribution in [0.25, 0.3) is 0 Å². The van der Waals surface area contributed by atoms with Crippen LogP contribution in [0, 0.1) is 11.6 Å². The van der Waals surface area contributed by atoms with E-state index in [4.69, 9.17) is 0 Å². The third-order valence-corrected chi connectivity index (χ3v) is 4.46. The standard InChI is InChI=1S/C15H20F2N2O2S/c1-10(9-22(2)21)18-15(20)19(11-6-7-11)8-12-13(16)4-3-5-14(12)17/h3-5,10-11H,6-9H2,1-2H3,(H,18,20)/t10-,22+/m0/s1. The predicted molar refractivity (Wildman–Crippen MR) is 81.9 cm³/mol. The molecule has 1 aromatic rings. The van der Waals surface area contributed by atoms with Crippen molar-refractivity contribution in [2.75, 3.05) is 12.0 Å². The minimum atomic E-state index is -1.02. The summed E-state index contributed by atoms with van der Waals surface area (Å²) in [6, 6.07) is 3.05. The molecule has 0 saturated heterocycles. The van der Waals surface area contributed by atoms with Crippen LogP contribution in [-0.4, -0.2) is 39.2 Å². The number of hydrogen-bond acceptors (Lipinski definition) is 2. The van der Waals surface area contributed by atoms with E-state index in [1.165, 1.54) is 23.1 Å². The van der Waals surface area contributed by atoms with Gasteiger partial charge in [0.15, 0.2) is 0 Å². The van der Waals surface area contributed by atoms with Crippen molar-refractivity contribution in [3.63, 3.8) is 0 Å². The van der Waals surface area contributed by atoms with E-state index in [1.54, 1.807) is 13.2 Å². The number of benzene rings is 1. The molecule has 0 aliphatic heterocycles. The molecule has 0 unspecified atom stereocenters. The third kappa shape index (κ3) is 4.50. The molecule has 0 heterocycles. The molecule has 1 aliphatic carbocycles. The van der Waals surface area contributed by atoms with E-state index >= 15 is 0 Å². The Labute approximate surface area is 131 Å². The molecule has 1 N–H and O–H groups in total. The summed E-state index contributed by atoms with van der Waals surface area (Å²) in [5.74, 6) is -0.958. The highest BCUT2D eigenvalue weighted by Gasteiger charge is 2.34. The largest absolute Gasteiger partial charge is 0.335 e. The molecule has 0 radical (unpaired) electrons. The molecular weight excluding hydrogens is 310 g/mol. The van der Waals surface area contributed by atoms with Crippen LogP contribution in [0.2, 0.25) is 0 Å². The van der Waals surface area contributed by atoms with Crippen LogP contribution in [0.3, 0.4) is 0 Å². The Hall–Kier alpha value is -1.50. The monoisotopic (exact) mass is 330 g/mol. The summed E-state index contributed by atoms with van der Waals surface area (Å²) in [5, 5.41) is 2.74. The predicted octanol–water partition coefficient (Wildman–Crippen LogP) is 2.41. The first kappa shape index (κ1) is 16.9. The van der Waals surface area contributed by atoms with Crippen LogP contribution in [0.15, 0.2) is 18.2 Å². The molecule has 2 atom stereocenters. The summed E-state index contributed by atoms with van der Waals surface area (Å²) >= 11 is 0. The smallest absolute Gasteiger partial charge is 0.318 e. The number of halogens is 2. The number of nitrogens with one attached hydrogen (secondary N) is 1. The maximum Gasteiger partial charge on any atom is 0.318 e. The van der Waals surface area contributed by atoms with Crippen LogP contribution < -0.4 is 5.32 Å². The van der Waals surface area contributed by atoms with E-state index in [0.29, 0.717) is 5.75 Å². The molecule has 1 aliphatic rings. The first-order chi connectivity index (χ1) is 10.4. The molecule has 0 aromatic heterocycles. The molecular formula is C15H20F2N2O2S. The highest BCUT2D eigenvalue weighted by molar-refractivity contribution is 7.84. The summed E-state index contributed by atoms with van der Waals surface area (Å²) in [7, 11) is -1.02. The minimum Gasteiger partial charge on any atom is -0.335 e. The molecule has 122 valence electrons. The molecule has 22 heavy (non-hydrogen) atoms. The summed E-state index contributed by atoms with van der Waals surface area (Å²) in [5.41, 5.74) is -0.101. The number of rotatable bonds is 6. The van der Waals surface area contributed by atoms with Gasteiger partial charge < -0.3 is 10.2 Å². The van der Waals surface area contributed by atoms with Crippen molar-refractivity contribution in [1.29, 1.82) is 0 Å². The average molecular weight is 330 g/mol. The van der Waals surface area contributed by atoms with E-state index in [2.05, 4.69) is 5.32 Å². The molecule has 7 heteroatoms. The summed E-state index contributed by atoms with van der Waals surface area (Å²) in [6.45, 7) is 1.66. The van der Waals surface area contributed by atoms with Gasteiger partial charge in [-0.3, -0.25) is 4.21 Å². The Morgan fingerprint density at radius 2 is 2.00 bits per heavy atom. The van der Waals surface area contributed by atoms with Crippen molar-refractivity contribution in [2.24, 2.45) is 0 Å². The van der Waals surface area contributed by atoms with Gasteiger partial charge in [-0.1, -0.05) is 6.07 Å². The summed E-state index contributed by atoms with van der Waals surface area (Å²) < 4.78 is 38.7. The second-order valence-corrected chi connectivity index (χ2v) is 7.13. The van der Waals surface area contributed by atoms with Crippen molar-refractivity contribution in [1.82, 2.24) is 10.2 Å². The number of nitrogens with zero attached hydrogens (tertiary/aromatic N) is 1. The van der Waals surface area contributed by atoms with E-state index in [-0.39, 0.29) is 30.2 Å². The Balaban J connectivity index is 2.07. The Bertz CT molecular complexity index is 558. The lowest BCUT2D eigenvalue weighted by Gasteiger charge is -2.25. The van der Waals surface area contributed by atoms with Gasteiger partial charge in [-0.25, -0.2) is 13.6 Å². The Morgan fingerprint density at radius 1 is 1.41 bits per heavy atom. The van der Waals surface area contributed by atoms with E-state index in [9.17, 15) is 17.8 Å². The van der Waals surface area contributed by atoms with Gasteiger partial charge in [-0.2, -0.15) is 0 Å². The van der Waals surface area contributed by atoms with Crippen molar-refractivity contribution >= 4 is 16.8 Å². The average Bonchev–Trinajstić information content (AvgIpc) is 3.21. The lowest BCUT2D eigenvalue weighted by Crippen LogP contribution is -2.46. The van der Waals surface area contributed by atoms with Gasteiger partial charge in [0, 0.05) is 40.5 Å². The normalized spacial score (nSPS) is 16.9. The Kier molecular flexibility index (Phi) is 5.50. The molecule has 1 aromatic carbocycles. The number of urea groups is 1. The first-order valence-corrected chi connectivity index (χ1v) is 8.91. The van der Waals surface area contributed by atoms with E-state index < -0.39 is 22.4 Å². The third-order valence-electron chi connectivity index (χ3n) is 3.49. The molecule has 1 fully saturated rings. The van der Waals surface area contributed by atoms with Crippen molar-refractivity contribution in [3.05, 3.63) is 35.4 Å². The lowest BCUT2D eigenvalue weighted by atomic mass is 10.2. The van der Waals surface area contributed by atoms with Gasteiger partial charge in [0.1, 0.15) is 11.6 Å². The fraction of sp³-hybridized carbons (Fsp3) is 0.533. The second-order valence-electron chi connectivity index (χ2n) is 5.65. The van der Waals surface area contributed by atoms with Crippen LogP contribution in [-0.2, 0) is 17.3 Å². The lowest BCUT2D eigenvalue weighted by molar-refractivity contribution is 0.188. The number of carbonyl (C=O) groups excluding carboxylic acids is 1. The summed E-state index contributed by atoms with van der Waals surface area (Å²) in [6.07, 6.45) is 3.23. The zero-order valence-corrected chi connectivity index (χ0v) is 13.5. The van der Waals surface area contributed by atoms with Gasteiger partial charge in [-0.05, 0) is 31.9 Å². The zero-order chi connectivity index (χ0) is 16.3. The molecule has 4 nitrogen and oxygen atoms in total. The second kappa shape index (κ2) is 7.17. The number of carbonyl (C=O) groups is 1. The molecule has 2 amide bonds. The fourth-order valence-corrected chi connectivity index (χ4v) is 3.08. The highest BCUT2D eigenvalue weighted by atomic mass is 32.2. The van der Waals surface area contributed by atoms with Crippen LogP contribution in [0.4, 0.5) is 13.6 Å². The maximum absolute atomic E-state index is 13.8. The minimum absolute atomic E-state index is 0.0123. The first-order valence-electron chi connectivity index (χ1n) is 7.18. The van der Waals surface area contributed by atoms with Crippen molar-refractivity contribution < 1.29 is 17.8 Å². The molecule has 1 saturated carbocycles. The van der Waals surface area contributed by atoms with Crippen LogP contribution >= 0.6 is 0 Å². The number of amides is 2. The molecule has 0 spiro atoms. The van der Waals surface area contributed by atoms with Crippen molar-refractivity contribution in [3.8, 4) is 0 Å².